The molecular weight excluding hydrogens is 626 g/mol. The van der Waals surface area contributed by atoms with Crippen molar-refractivity contribution in [2.75, 3.05) is 31.6 Å². The van der Waals surface area contributed by atoms with E-state index in [0.29, 0.717) is 53.1 Å². The highest BCUT2D eigenvalue weighted by Gasteiger charge is 2.49. The van der Waals surface area contributed by atoms with Gasteiger partial charge in [0.1, 0.15) is 35.4 Å². The summed E-state index contributed by atoms with van der Waals surface area (Å²) in [5, 5.41) is 5.86. The number of nitrogens with zero attached hydrogens (tertiary/aromatic N) is 5. The van der Waals surface area contributed by atoms with E-state index in [0.717, 1.165) is 24.8 Å². The predicted molar refractivity (Wildman–Crippen MR) is 178 cm³/mol. The molecule has 0 bridgehead atoms. The minimum absolute atomic E-state index is 0.00909. The van der Waals surface area contributed by atoms with Crippen molar-refractivity contribution in [3.05, 3.63) is 53.4 Å². The summed E-state index contributed by atoms with van der Waals surface area (Å²) in [4.78, 5) is 30.6. The number of fused-ring (bicyclic) bond motifs is 3. The zero-order valence-electron chi connectivity index (χ0n) is 27.0. The van der Waals surface area contributed by atoms with Crippen molar-refractivity contribution in [2.24, 2.45) is 0 Å². The number of aromatic nitrogens is 3. The molecule has 0 aliphatic carbocycles. The van der Waals surface area contributed by atoms with Crippen molar-refractivity contribution in [3.8, 4) is 17.3 Å². The first kappa shape index (κ1) is 31.8. The summed E-state index contributed by atoms with van der Waals surface area (Å²) in [5.74, 6) is -0.289. The molecule has 4 aromatic rings. The van der Waals surface area contributed by atoms with Crippen LogP contribution >= 0.6 is 11.6 Å². The first-order chi connectivity index (χ1) is 22.4. The third-order valence-electron chi connectivity index (χ3n) is 9.71. The number of halogens is 3. The summed E-state index contributed by atoms with van der Waals surface area (Å²) >= 11 is 6.60. The molecule has 4 atom stereocenters. The highest BCUT2D eigenvalue weighted by atomic mass is 35.5. The van der Waals surface area contributed by atoms with Gasteiger partial charge in [-0.3, -0.25) is 9.88 Å². The van der Waals surface area contributed by atoms with Gasteiger partial charge in [-0.15, -0.1) is 0 Å². The average molecular weight is 665 g/mol. The Morgan fingerprint density at radius 3 is 2.74 bits per heavy atom. The van der Waals surface area contributed by atoms with Crippen LogP contribution in [0.2, 0.25) is 5.02 Å². The number of likely N-dealkylation sites (tertiary alicyclic amines) is 1. The number of hydrogen-bond donors (Lipinski definition) is 1. The fourth-order valence-corrected chi connectivity index (χ4v) is 7.71. The topological polar surface area (TPSA) is 92.7 Å². The molecule has 3 saturated heterocycles. The van der Waals surface area contributed by atoms with Crippen molar-refractivity contribution in [1.29, 1.82) is 0 Å². The lowest BCUT2D eigenvalue weighted by Crippen LogP contribution is -2.43. The normalized spacial score (nSPS) is 24.7. The van der Waals surface area contributed by atoms with Crippen LogP contribution in [-0.4, -0.2) is 86.5 Å². The standard InChI is InChI=1S/C35H39ClF2N6O3/c1-20-26(12-15-44(20)33(45)47-34(2,3)4)40-31-24-17-39-29(23-10-5-8-21-9-6-11-25(36)27(21)23)28(38)30(24)41-32(42-31)46-19-35-13-7-14-43(35)18-22(37)16-35/h5-6,8-11,17,20,22,26H,7,12-16,18-19H2,1-4H3,(H,40,41,42)/t20-,22-,26-,35+/m1/s1. The lowest BCUT2D eigenvalue weighted by molar-refractivity contribution is 0.0235. The fraction of sp³-hybridized carbons (Fsp3) is 0.486. The van der Waals surface area contributed by atoms with Crippen LogP contribution in [0.5, 0.6) is 6.01 Å². The number of ether oxygens (including phenoxy) is 2. The Hall–Kier alpha value is -3.83. The first-order valence-electron chi connectivity index (χ1n) is 16.2. The Morgan fingerprint density at radius 2 is 1.96 bits per heavy atom. The molecule has 2 aromatic heterocycles. The molecule has 12 heteroatoms. The second-order valence-corrected chi connectivity index (χ2v) is 14.4. The van der Waals surface area contributed by atoms with Gasteiger partial charge in [0.2, 0.25) is 0 Å². The van der Waals surface area contributed by atoms with Crippen LogP contribution in [0.4, 0.5) is 19.4 Å². The highest BCUT2D eigenvalue weighted by molar-refractivity contribution is 6.36. The van der Waals surface area contributed by atoms with Crippen LogP contribution in [0.1, 0.15) is 53.4 Å². The van der Waals surface area contributed by atoms with Gasteiger partial charge < -0.3 is 19.7 Å². The number of alkyl halides is 1. The fourth-order valence-electron chi connectivity index (χ4n) is 7.43. The number of rotatable bonds is 6. The van der Waals surface area contributed by atoms with Crippen LogP contribution in [0, 0.1) is 5.82 Å². The predicted octanol–water partition coefficient (Wildman–Crippen LogP) is 7.40. The number of anilines is 1. The van der Waals surface area contributed by atoms with Gasteiger partial charge in [0.05, 0.1) is 17.0 Å². The van der Waals surface area contributed by atoms with Crippen LogP contribution in [0.25, 0.3) is 32.9 Å². The van der Waals surface area contributed by atoms with Crippen LogP contribution in [0.15, 0.2) is 42.6 Å². The second-order valence-electron chi connectivity index (χ2n) is 14.0. The van der Waals surface area contributed by atoms with E-state index in [9.17, 15) is 9.18 Å². The Bertz CT molecular complexity index is 1850. The molecular formula is C35H39ClF2N6O3. The smallest absolute Gasteiger partial charge is 0.410 e. The second kappa shape index (κ2) is 12.0. The van der Waals surface area contributed by atoms with Gasteiger partial charge in [0, 0.05) is 47.7 Å². The van der Waals surface area contributed by atoms with Gasteiger partial charge in [0.25, 0.3) is 0 Å². The number of amides is 1. The molecule has 0 radical (unpaired) electrons. The number of carbonyl (C=O) groups excluding carboxylic acids is 1. The SMILES string of the molecule is C[C@@H]1[C@H](Nc2nc(OC[C@@]34CCCN3C[C@H](F)C4)nc3c(F)c(-c4cccc5cccc(Cl)c45)ncc23)CCN1C(=O)OC(C)(C)C. The molecule has 1 N–H and O–H groups in total. The third kappa shape index (κ3) is 5.92. The molecule has 3 aliphatic heterocycles. The maximum Gasteiger partial charge on any atom is 0.410 e. The Labute approximate surface area is 277 Å². The monoisotopic (exact) mass is 664 g/mol. The molecule has 0 unspecified atom stereocenters. The molecule has 5 heterocycles. The Kier molecular flexibility index (Phi) is 8.11. The number of carbonyl (C=O) groups is 1. The number of hydrogen-bond acceptors (Lipinski definition) is 8. The van der Waals surface area contributed by atoms with Crippen LogP contribution in [0.3, 0.4) is 0 Å². The maximum atomic E-state index is 16.7. The van der Waals surface area contributed by atoms with Crippen molar-refractivity contribution in [3.63, 3.8) is 0 Å². The molecule has 7 rings (SSSR count). The van der Waals surface area contributed by atoms with E-state index in [1.54, 1.807) is 23.2 Å². The largest absolute Gasteiger partial charge is 0.461 e. The lowest BCUT2D eigenvalue weighted by atomic mass is 9.95. The molecule has 1 amide bonds. The molecule has 47 heavy (non-hydrogen) atoms. The zero-order valence-corrected chi connectivity index (χ0v) is 27.8. The van der Waals surface area contributed by atoms with Crippen molar-refractivity contribution in [2.45, 2.75) is 82.8 Å². The van der Waals surface area contributed by atoms with E-state index in [2.05, 4.69) is 20.2 Å². The van der Waals surface area contributed by atoms with Gasteiger partial charge in [-0.05, 0) is 65.0 Å². The molecule has 2 aromatic carbocycles. The Balaban J connectivity index is 1.27. The van der Waals surface area contributed by atoms with Crippen molar-refractivity contribution in [1.82, 2.24) is 24.8 Å². The van der Waals surface area contributed by atoms with Gasteiger partial charge in [-0.25, -0.2) is 13.6 Å². The summed E-state index contributed by atoms with van der Waals surface area (Å²) in [6.45, 7) is 9.34. The summed E-state index contributed by atoms with van der Waals surface area (Å²) in [7, 11) is 0. The van der Waals surface area contributed by atoms with E-state index in [1.165, 1.54) is 0 Å². The van der Waals surface area contributed by atoms with E-state index in [1.807, 2.05) is 52.0 Å². The number of pyridine rings is 1. The molecule has 0 spiro atoms. The molecule has 3 aliphatic rings. The zero-order chi connectivity index (χ0) is 33.1. The highest BCUT2D eigenvalue weighted by Crippen LogP contribution is 2.41. The minimum Gasteiger partial charge on any atom is -0.461 e. The van der Waals surface area contributed by atoms with Gasteiger partial charge in [-0.2, -0.15) is 9.97 Å². The average Bonchev–Trinajstić information content (AvgIpc) is 3.67. The molecule has 3 fully saturated rings. The van der Waals surface area contributed by atoms with Gasteiger partial charge in [0.15, 0.2) is 5.82 Å². The summed E-state index contributed by atoms with van der Waals surface area (Å²) in [6.07, 6.45) is 3.05. The lowest BCUT2D eigenvalue weighted by Gasteiger charge is -2.31. The van der Waals surface area contributed by atoms with Gasteiger partial charge >= 0.3 is 12.1 Å². The minimum atomic E-state index is -0.913. The first-order valence-corrected chi connectivity index (χ1v) is 16.6. The van der Waals surface area contributed by atoms with Crippen LogP contribution in [-0.2, 0) is 4.74 Å². The quantitative estimate of drug-likeness (QED) is 0.228. The Morgan fingerprint density at radius 1 is 1.17 bits per heavy atom. The molecule has 248 valence electrons. The molecule has 0 saturated carbocycles. The van der Waals surface area contributed by atoms with Crippen LogP contribution < -0.4 is 10.1 Å². The number of benzene rings is 2. The van der Waals surface area contributed by atoms with E-state index in [4.69, 9.17) is 26.1 Å². The third-order valence-corrected chi connectivity index (χ3v) is 10.0. The van der Waals surface area contributed by atoms with Gasteiger partial charge in [-0.1, -0.05) is 41.9 Å². The maximum absolute atomic E-state index is 16.7. The summed E-state index contributed by atoms with van der Waals surface area (Å²) in [5.41, 5.74) is -0.366. The number of nitrogens with one attached hydrogen (secondary N) is 1. The van der Waals surface area contributed by atoms with E-state index < -0.39 is 23.1 Å². The van der Waals surface area contributed by atoms with E-state index in [-0.39, 0.29) is 42.0 Å². The molecule has 9 nitrogen and oxygen atoms in total. The summed E-state index contributed by atoms with van der Waals surface area (Å²) < 4.78 is 43.0. The summed E-state index contributed by atoms with van der Waals surface area (Å²) in [6, 6.07) is 10.6. The van der Waals surface area contributed by atoms with E-state index >= 15 is 4.39 Å². The van der Waals surface area contributed by atoms with Crippen molar-refractivity contribution >= 4 is 45.2 Å². The van der Waals surface area contributed by atoms with Crippen molar-refractivity contribution < 1.29 is 23.0 Å².